The van der Waals surface area contributed by atoms with Gasteiger partial charge < -0.3 is 5.73 Å². The smallest absolute Gasteiger partial charge is 0.243 e. The Hall–Kier alpha value is -0.620. The van der Waals surface area contributed by atoms with E-state index in [4.69, 9.17) is 5.73 Å². The van der Waals surface area contributed by atoms with Crippen molar-refractivity contribution in [3.63, 3.8) is 0 Å². The van der Waals surface area contributed by atoms with E-state index in [0.29, 0.717) is 18.0 Å². The summed E-state index contributed by atoms with van der Waals surface area (Å²) in [7, 11) is -3.37. The molecule has 1 fully saturated rings. The van der Waals surface area contributed by atoms with Crippen molar-refractivity contribution >= 4 is 22.4 Å². The maximum absolute atomic E-state index is 12.4. The number of hydrogen-bond donors (Lipinski definition) is 1. The van der Waals surface area contributed by atoms with Gasteiger partial charge in [0, 0.05) is 19.1 Å². The standard InChI is InChI=1S/C12H18N2O2S.ClH/c1-9-3-4-12(10(2)7-9)17(15,16)14-6-5-11(13)8-14;/h3-4,7,11H,5-6,8,13H2,1-2H3;1H/t11-;/m0./s1. The van der Waals surface area contributed by atoms with E-state index < -0.39 is 10.0 Å². The number of nitrogens with two attached hydrogens (primary N) is 1. The molecule has 2 rings (SSSR count). The largest absolute Gasteiger partial charge is 0.326 e. The number of aryl methyl sites for hydroxylation is 2. The number of benzene rings is 1. The summed E-state index contributed by atoms with van der Waals surface area (Å²) < 4.78 is 26.2. The SMILES string of the molecule is Cc1ccc(S(=O)(=O)N2CC[C@H](N)C2)c(C)c1.Cl. The van der Waals surface area contributed by atoms with Gasteiger partial charge in [0.25, 0.3) is 0 Å². The Bertz CT molecular complexity index is 531. The van der Waals surface area contributed by atoms with E-state index in [1.54, 1.807) is 6.07 Å². The van der Waals surface area contributed by atoms with Crippen molar-refractivity contribution in [3.05, 3.63) is 29.3 Å². The van der Waals surface area contributed by atoms with E-state index in [9.17, 15) is 8.42 Å². The molecule has 1 aromatic carbocycles. The average molecular weight is 291 g/mol. The fourth-order valence-corrected chi connectivity index (χ4v) is 3.92. The number of sulfonamides is 1. The first-order valence-electron chi connectivity index (χ1n) is 5.74. The zero-order valence-corrected chi connectivity index (χ0v) is 12.2. The normalized spacial score (nSPS) is 20.7. The van der Waals surface area contributed by atoms with Gasteiger partial charge in [-0.3, -0.25) is 0 Å². The Morgan fingerprint density at radius 2 is 2.00 bits per heavy atom. The van der Waals surface area contributed by atoms with Gasteiger partial charge in [-0.25, -0.2) is 8.42 Å². The first kappa shape index (κ1) is 15.4. The fraction of sp³-hybridized carbons (Fsp3) is 0.500. The van der Waals surface area contributed by atoms with Crippen molar-refractivity contribution in [2.45, 2.75) is 31.2 Å². The highest BCUT2D eigenvalue weighted by Gasteiger charge is 2.31. The molecule has 0 radical (unpaired) electrons. The molecule has 18 heavy (non-hydrogen) atoms. The van der Waals surface area contributed by atoms with E-state index in [0.717, 1.165) is 17.5 Å². The maximum atomic E-state index is 12.4. The van der Waals surface area contributed by atoms with Crippen LogP contribution in [0.2, 0.25) is 0 Å². The molecule has 1 heterocycles. The Balaban J connectivity index is 0.00000162. The highest BCUT2D eigenvalue weighted by molar-refractivity contribution is 7.89. The van der Waals surface area contributed by atoms with Crippen molar-refractivity contribution < 1.29 is 8.42 Å². The zero-order valence-electron chi connectivity index (χ0n) is 10.6. The topological polar surface area (TPSA) is 63.4 Å². The van der Waals surface area contributed by atoms with Crippen LogP contribution in [0.4, 0.5) is 0 Å². The van der Waals surface area contributed by atoms with Crippen LogP contribution < -0.4 is 5.73 Å². The van der Waals surface area contributed by atoms with Crippen LogP contribution in [0.1, 0.15) is 17.5 Å². The molecule has 0 spiro atoms. The van der Waals surface area contributed by atoms with Crippen molar-refractivity contribution in [2.24, 2.45) is 5.73 Å². The van der Waals surface area contributed by atoms with Crippen LogP contribution in [-0.2, 0) is 10.0 Å². The summed E-state index contributed by atoms with van der Waals surface area (Å²) in [5.41, 5.74) is 7.62. The first-order valence-corrected chi connectivity index (χ1v) is 7.18. The molecule has 0 aliphatic carbocycles. The highest BCUT2D eigenvalue weighted by atomic mass is 35.5. The van der Waals surface area contributed by atoms with Gasteiger partial charge in [-0.15, -0.1) is 12.4 Å². The van der Waals surface area contributed by atoms with Crippen LogP contribution in [0.25, 0.3) is 0 Å². The van der Waals surface area contributed by atoms with Crippen molar-refractivity contribution in [2.75, 3.05) is 13.1 Å². The molecule has 1 saturated heterocycles. The molecule has 1 atom stereocenters. The Morgan fingerprint density at radius 1 is 1.33 bits per heavy atom. The van der Waals surface area contributed by atoms with Crippen LogP contribution in [0.15, 0.2) is 23.1 Å². The van der Waals surface area contributed by atoms with E-state index in [1.165, 1.54) is 4.31 Å². The second kappa shape index (κ2) is 5.57. The second-order valence-electron chi connectivity index (χ2n) is 4.68. The van der Waals surface area contributed by atoms with Crippen LogP contribution in [-0.4, -0.2) is 31.9 Å². The summed E-state index contributed by atoms with van der Waals surface area (Å²) in [6, 6.07) is 5.37. The predicted octanol–water partition coefficient (Wildman–Crippen LogP) is 1.45. The molecule has 102 valence electrons. The third-order valence-corrected chi connectivity index (χ3v) is 5.16. The van der Waals surface area contributed by atoms with Crippen LogP contribution >= 0.6 is 12.4 Å². The van der Waals surface area contributed by atoms with Gasteiger partial charge in [-0.2, -0.15) is 4.31 Å². The number of nitrogens with zero attached hydrogens (tertiary/aromatic N) is 1. The Kier molecular flexibility index (Phi) is 4.78. The summed E-state index contributed by atoms with van der Waals surface area (Å²) in [6.07, 6.45) is 0.740. The van der Waals surface area contributed by atoms with Crippen LogP contribution in [0.5, 0.6) is 0 Å². The minimum atomic E-state index is -3.37. The molecular formula is C12H19ClN2O2S. The number of hydrogen-bond acceptors (Lipinski definition) is 3. The van der Waals surface area contributed by atoms with E-state index in [2.05, 4.69) is 0 Å². The van der Waals surface area contributed by atoms with Crippen LogP contribution in [0.3, 0.4) is 0 Å². The molecule has 0 amide bonds. The number of rotatable bonds is 2. The summed E-state index contributed by atoms with van der Waals surface area (Å²) in [5.74, 6) is 0. The summed E-state index contributed by atoms with van der Waals surface area (Å²) >= 11 is 0. The van der Waals surface area contributed by atoms with E-state index >= 15 is 0 Å². The van der Waals surface area contributed by atoms with Crippen molar-refractivity contribution in [1.82, 2.24) is 4.31 Å². The molecule has 1 aliphatic heterocycles. The fourth-order valence-electron chi connectivity index (χ4n) is 2.20. The van der Waals surface area contributed by atoms with Crippen LogP contribution in [0, 0.1) is 13.8 Å². The lowest BCUT2D eigenvalue weighted by Crippen LogP contribution is -2.32. The lowest BCUT2D eigenvalue weighted by Gasteiger charge is -2.17. The molecule has 0 saturated carbocycles. The lowest BCUT2D eigenvalue weighted by atomic mass is 10.2. The van der Waals surface area contributed by atoms with Crippen molar-refractivity contribution in [3.8, 4) is 0 Å². The van der Waals surface area contributed by atoms with Gasteiger partial charge >= 0.3 is 0 Å². The molecule has 0 aromatic heterocycles. The lowest BCUT2D eigenvalue weighted by molar-refractivity contribution is 0.472. The Morgan fingerprint density at radius 3 is 2.50 bits per heavy atom. The summed E-state index contributed by atoms with van der Waals surface area (Å²) in [6.45, 7) is 4.73. The summed E-state index contributed by atoms with van der Waals surface area (Å²) in [5, 5.41) is 0. The van der Waals surface area contributed by atoms with Gasteiger partial charge in [0.15, 0.2) is 0 Å². The molecule has 1 aromatic rings. The minimum Gasteiger partial charge on any atom is -0.326 e. The van der Waals surface area contributed by atoms with Gasteiger partial charge in [-0.1, -0.05) is 17.7 Å². The molecule has 0 bridgehead atoms. The highest BCUT2D eigenvalue weighted by Crippen LogP contribution is 2.23. The molecule has 1 aliphatic rings. The van der Waals surface area contributed by atoms with Gasteiger partial charge in [0.2, 0.25) is 10.0 Å². The van der Waals surface area contributed by atoms with Crippen molar-refractivity contribution in [1.29, 1.82) is 0 Å². The predicted molar refractivity (Wildman–Crippen MR) is 74.5 cm³/mol. The average Bonchev–Trinajstić information content (AvgIpc) is 2.64. The number of halogens is 1. The quantitative estimate of drug-likeness (QED) is 0.896. The third-order valence-electron chi connectivity index (χ3n) is 3.14. The minimum absolute atomic E-state index is 0. The molecule has 6 heteroatoms. The summed E-state index contributed by atoms with van der Waals surface area (Å²) in [4.78, 5) is 0.400. The van der Waals surface area contributed by atoms with Gasteiger partial charge in [0.05, 0.1) is 4.90 Å². The monoisotopic (exact) mass is 290 g/mol. The van der Waals surface area contributed by atoms with Gasteiger partial charge in [-0.05, 0) is 31.9 Å². The molecule has 0 unspecified atom stereocenters. The molecule has 4 nitrogen and oxygen atoms in total. The second-order valence-corrected chi connectivity index (χ2v) is 6.59. The molecular weight excluding hydrogens is 272 g/mol. The molecule has 2 N–H and O–H groups in total. The Labute approximate surface area is 115 Å². The first-order chi connectivity index (χ1) is 7.91. The van der Waals surface area contributed by atoms with E-state index in [1.807, 2.05) is 26.0 Å². The third kappa shape index (κ3) is 2.85. The van der Waals surface area contributed by atoms with E-state index in [-0.39, 0.29) is 18.4 Å². The zero-order chi connectivity index (χ0) is 12.6. The van der Waals surface area contributed by atoms with Gasteiger partial charge in [0.1, 0.15) is 0 Å². The maximum Gasteiger partial charge on any atom is 0.243 e.